The van der Waals surface area contributed by atoms with Crippen LogP contribution in [0.25, 0.3) is 0 Å². The monoisotopic (exact) mass is 210 g/mol. The van der Waals surface area contributed by atoms with Gasteiger partial charge in [0.1, 0.15) is 12.4 Å². The van der Waals surface area contributed by atoms with Crippen LogP contribution in [-0.2, 0) is 7.05 Å². The number of ether oxygens (including phenoxy) is 1. The molecule has 2 rings (SSSR count). The van der Waals surface area contributed by atoms with E-state index in [-0.39, 0.29) is 6.10 Å². The lowest BCUT2D eigenvalue weighted by molar-refractivity contribution is 0.176. The van der Waals surface area contributed by atoms with Gasteiger partial charge in [0.2, 0.25) is 0 Å². The van der Waals surface area contributed by atoms with E-state index in [0.29, 0.717) is 6.01 Å². The molecule has 0 amide bonds. The smallest absolute Gasteiger partial charge is 0.335 e. The molecule has 1 N–H and O–H groups in total. The van der Waals surface area contributed by atoms with E-state index in [2.05, 4.69) is 22.3 Å². The highest BCUT2D eigenvalue weighted by atomic mass is 16.5. The van der Waals surface area contributed by atoms with Gasteiger partial charge in [-0.05, 0) is 19.3 Å². The summed E-state index contributed by atoms with van der Waals surface area (Å²) < 4.78 is 7.31. The van der Waals surface area contributed by atoms with Gasteiger partial charge in [0.05, 0.1) is 0 Å². The third kappa shape index (κ3) is 3.20. The Balaban J connectivity index is 1.78. The van der Waals surface area contributed by atoms with E-state index >= 15 is 0 Å². The first-order valence-electron chi connectivity index (χ1n) is 5.53. The Hall–Kier alpha value is -1.10. The quantitative estimate of drug-likeness (QED) is 0.752. The third-order valence-electron chi connectivity index (χ3n) is 2.52. The van der Waals surface area contributed by atoms with E-state index in [1.807, 2.05) is 7.05 Å². The van der Waals surface area contributed by atoms with Crippen LogP contribution in [0.3, 0.4) is 0 Å². The van der Waals surface area contributed by atoms with Crippen LogP contribution in [0, 0.1) is 0 Å². The second-order valence-corrected chi connectivity index (χ2v) is 4.03. The highest BCUT2D eigenvalue weighted by molar-refractivity contribution is 4.90. The molecule has 0 radical (unpaired) electrons. The van der Waals surface area contributed by atoms with Gasteiger partial charge in [-0.1, -0.05) is 6.92 Å². The molecular formula is C10H18N4O. The maximum Gasteiger partial charge on any atom is 0.335 e. The lowest BCUT2D eigenvalue weighted by Gasteiger charge is -2.15. The highest BCUT2D eigenvalue weighted by Gasteiger charge is 2.22. The van der Waals surface area contributed by atoms with E-state index in [1.165, 1.54) is 12.8 Å². The zero-order valence-corrected chi connectivity index (χ0v) is 9.31. The van der Waals surface area contributed by atoms with Crippen molar-refractivity contribution in [2.75, 3.05) is 6.54 Å². The molecule has 1 aliphatic rings. The maximum atomic E-state index is 5.66. The van der Waals surface area contributed by atoms with Crippen molar-refractivity contribution in [1.82, 2.24) is 20.1 Å². The lowest BCUT2D eigenvalue weighted by atomic mass is 10.3. The Morgan fingerprint density at radius 2 is 2.47 bits per heavy atom. The summed E-state index contributed by atoms with van der Waals surface area (Å²) in [5.74, 6) is 0. The van der Waals surface area contributed by atoms with Crippen LogP contribution < -0.4 is 10.1 Å². The minimum absolute atomic E-state index is 0.174. The molecule has 5 nitrogen and oxygen atoms in total. The summed E-state index contributed by atoms with van der Waals surface area (Å²) in [5, 5.41) is 7.54. The molecule has 1 heterocycles. The number of nitrogens with zero attached hydrogens (tertiary/aromatic N) is 3. The van der Waals surface area contributed by atoms with Crippen molar-refractivity contribution < 1.29 is 4.74 Å². The van der Waals surface area contributed by atoms with Crippen LogP contribution in [0.5, 0.6) is 6.01 Å². The molecule has 0 spiro atoms. The first-order chi connectivity index (χ1) is 7.28. The second kappa shape index (κ2) is 4.61. The first-order valence-corrected chi connectivity index (χ1v) is 5.53. The van der Waals surface area contributed by atoms with Crippen molar-refractivity contribution in [1.29, 1.82) is 0 Å². The van der Waals surface area contributed by atoms with Crippen LogP contribution in [0.2, 0.25) is 0 Å². The van der Waals surface area contributed by atoms with E-state index in [4.69, 9.17) is 4.74 Å². The molecule has 0 aliphatic heterocycles. The van der Waals surface area contributed by atoms with Gasteiger partial charge in [-0.15, -0.1) is 5.10 Å². The average Bonchev–Trinajstić information content (AvgIpc) is 2.97. The molecule has 1 aromatic rings. The fourth-order valence-electron chi connectivity index (χ4n) is 1.38. The molecule has 1 atom stereocenters. The maximum absolute atomic E-state index is 5.66. The van der Waals surface area contributed by atoms with Gasteiger partial charge in [0.25, 0.3) is 0 Å². The third-order valence-corrected chi connectivity index (χ3v) is 2.52. The van der Waals surface area contributed by atoms with E-state index in [9.17, 15) is 0 Å². The van der Waals surface area contributed by atoms with Crippen molar-refractivity contribution in [3.63, 3.8) is 0 Å². The van der Waals surface area contributed by atoms with Crippen LogP contribution in [-0.4, -0.2) is 33.5 Å². The number of aromatic nitrogens is 3. The van der Waals surface area contributed by atoms with Gasteiger partial charge in [-0.3, -0.25) is 4.68 Å². The normalized spacial score (nSPS) is 17.7. The van der Waals surface area contributed by atoms with Crippen molar-refractivity contribution in [3.05, 3.63) is 6.33 Å². The van der Waals surface area contributed by atoms with Crippen molar-refractivity contribution >= 4 is 0 Å². The van der Waals surface area contributed by atoms with Crippen molar-refractivity contribution in [3.8, 4) is 6.01 Å². The van der Waals surface area contributed by atoms with Crippen molar-refractivity contribution in [2.45, 2.75) is 38.3 Å². The fourth-order valence-corrected chi connectivity index (χ4v) is 1.38. The Kier molecular flexibility index (Phi) is 3.20. The predicted octanol–water partition coefficient (Wildman–Crippen LogP) is 0.724. The van der Waals surface area contributed by atoms with Crippen LogP contribution in [0.4, 0.5) is 0 Å². The molecule has 1 aliphatic carbocycles. The molecule has 5 heteroatoms. The summed E-state index contributed by atoms with van der Waals surface area (Å²) in [7, 11) is 1.84. The van der Waals surface area contributed by atoms with E-state index < -0.39 is 0 Å². The minimum Gasteiger partial charge on any atom is -0.458 e. The zero-order chi connectivity index (χ0) is 10.7. The molecule has 1 fully saturated rings. The summed E-state index contributed by atoms with van der Waals surface area (Å²) in [6.45, 7) is 3.00. The van der Waals surface area contributed by atoms with Crippen LogP contribution in [0.1, 0.15) is 26.2 Å². The molecule has 0 aromatic carbocycles. The predicted molar refractivity (Wildman–Crippen MR) is 56.7 cm³/mol. The zero-order valence-electron chi connectivity index (χ0n) is 9.31. The Labute approximate surface area is 89.8 Å². The first kappa shape index (κ1) is 10.4. The molecular weight excluding hydrogens is 192 g/mol. The molecule has 1 aromatic heterocycles. The van der Waals surface area contributed by atoms with E-state index in [1.54, 1.807) is 11.0 Å². The topological polar surface area (TPSA) is 52.0 Å². The summed E-state index contributed by atoms with van der Waals surface area (Å²) >= 11 is 0. The summed E-state index contributed by atoms with van der Waals surface area (Å²) in [6.07, 6.45) is 5.40. The van der Waals surface area contributed by atoms with Gasteiger partial charge in [-0.2, -0.15) is 4.98 Å². The van der Waals surface area contributed by atoms with Gasteiger partial charge < -0.3 is 10.1 Å². The fraction of sp³-hybridized carbons (Fsp3) is 0.800. The summed E-state index contributed by atoms with van der Waals surface area (Å²) in [5.41, 5.74) is 0. The van der Waals surface area contributed by atoms with Gasteiger partial charge in [0.15, 0.2) is 0 Å². The minimum atomic E-state index is 0.174. The molecule has 0 saturated heterocycles. The molecule has 1 saturated carbocycles. The largest absolute Gasteiger partial charge is 0.458 e. The number of aryl methyl sites for hydroxylation is 1. The van der Waals surface area contributed by atoms with E-state index in [0.717, 1.165) is 19.0 Å². The van der Waals surface area contributed by atoms with Gasteiger partial charge >= 0.3 is 6.01 Å². The standard InChI is InChI=1S/C10H18N4O/c1-3-9(6-11-8-4-5-8)15-10-12-7-14(2)13-10/h7-9,11H,3-6H2,1-2H3. The number of nitrogens with one attached hydrogen (secondary N) is 1. The van der Waals surface area contributed by atoms with Crippen molar-refractivity contribution in [2.24, 2.45) is 7.05 Å². The summed E-state index contributed by atoms with van der Waals surface area (Å²) in [4.78, 5) is 4.05. The number of rotatable bonds is 6. The molecule has 15 heavy (non-hydrogen) atoms. The molecule has 1 unspecified atom stereocenters. The average molecular weight is 210 g/mol. The SMILES string of the molecule is CCC(CNC1CC1)Oc1ncn(C)n1. The molecule has 0 bridgehead atoms. The Bertz CT molecular complexity index is 308. The van der Waals surface area contributed by atoms with Gasteiger partial charge in [0, 0.05) is 19.6 Å². The number of hydrogen-bond donors (Lipinski definition) is 1. The Morgan fingerprint density at radius 3 is 3.00 bits per heavy atom. The number of hydrogen-bond acceptors (Lipinski definition) is 4. The second-order valence-electron chi connectivity index (χ2n) is 4.03. The van der Waals surface area contributed by atoms with Crippen LogP contribution in [0.15, 0.2) is 6.33 Å². The van der Waals surface area contributed by atoms with Crippen LogP contribution >= 0.6 is 0 Å². The van der Waals surface area contributed by atoms with Gasteiger partial charge in [-0.25, -0.2) is 0 Å². The highest BCUT2D eigenvalue weighted by Crippen LogP contribution is 2.18. The Morgan fingerprint density at radius 1 is 1.67 bits per heavy atom. The lowest BCUT2D eigenvalue weighted by Crippen LogP contribution is -2.32. The summed E-state index contributed by atoms with van der Waals surface area (Å²) in [6, 6.07) is 1.20. The molecule has 84 valence electrons.